The van der Waals surface area contributed by atoms with Gasteiger partial charge in [0, 0.05) is 36.8 Å². The van der Waals surface area contributed by atoms with Crippen LogP contribution in [-0.4, -0.2) is 77.6 Å². The van der Waals surface area contributed by atoms with Gasteiger partial charge in [0.25, 0.3) is 15.9 Å². The van der Waals surface area contributed by atoms with Crippen LogP contribution >= 0.6 is 11.8 Å². The Labute approximate surface area is 204 Å². The molecule has 2 fully saturated rings. The number of hydrogen-bond acceptors (Lipinski definition) is 7. The van der Waals surface area contributed by atoms with Gasteiger partial charge in [-0.25, -0.2) is 16.8 Å². The van der Waals surface area contributed by atoms with Gasteiger partial charge in [0.1, 0.15) is 0 Å². The zero-order chi connectivity index (χ0) is 24.3. The van der Waals surface area contributed by atoms with Gasteiger partial charge in [0.2, 0.25) is 10.0 Å². The number of benzene rings is 2. The predicted octanol–water partition coefficient (Wildman–Crippen LogP) is 2.47. The molecule has 2 aliphatic heterocycles. The third-order valence-electron chi connectivity index (χ3n) is 5.82. The van der Waals surface area contributed by atoms with Gasteiger partial charge < -0.3 is 9.64 Å². The van der Waals surface area contributed by atoms with E-state index < -0.39 is 20.0 Å². The number of likely N-dealkylation sites (tertiary alicyclic amines) is 1. The fraction of sp³-hybridized carbons (Fsp3) is 0.409. The van der Waals surface area contributed by atoms with Gasteiger partial charge in [-0.2, -0.15) is 4.31 Å². The van der Waals surface area contributed by atoms with Crippen LogP contribution < -0.4 is 4.72 Å². The van der Waals surface area contributed by atoms with Crippen molar-refractivity contribution in [3.05, 3.63) is 48.0 Å². The maximum Gasteiger partial charge on any atom is 0.261 e. The number of hydrogen-bond donors (Lipinski definition) is 1. The van der Waals surface area contributed by atoms with E-state index in [1.54, 1.807) is 11.0 Å². The van der Waals surface area contributed by atoms with Crippen molar-refractivity contribution in [1.29, 1.82) is 0 Å². The maximum absolute atomic E-state index is 13.0. The average Bonchev–Trinajstić information content (AvgIpc) is 3.39. The second-order valence-electron chi connectivity index (χ2n) is 8.01. The summed E-state index contributed by atoms with van der Waals surface area (Å²) in [5.41, 5.74) is 0.589. The smallest absolute Gasteiger partial charge is 0.261 e. The van der Waals surface area contributed by atoms with Crippen LogP contribution in [0.3, 0.4) is 0 Å². The Morgan fingerprint density at radius 3 is 2.15 bits per heavy atom. The molecule has 1 N–H and O–H groups in total. The second-order valence-corrected chi connectivity index (χ2v) is 12.5. The van der Waals surface area contributed by atoms with E-state index in [9.17, 15) is 21.6 Å². The molecule has 0 atom stereocenters. The predicted molar refractivity (Wildman–Crippen MR) is 130 cm³/mol. The summed E-state index contributed by atoms with van der Waals surface area (Å²) in [7, 11) is -7.67. The summed E-state index contributed by atoms with van der Waals surface area (Å²) >= 11 is 1.39. The Balaban J connectivity index is 1.55. The molecule has 0 aromatic heterocycles. The SMILES string of the molecule is CSc1ccc(S(=O)(=O)Nc2ccc(S(=O)(=O)N3CCOCC3)cc2)cc1C(=O)N1CCCC1. The molecule has 2 heterocycles. The number of carbonyl (C=O) groups excluding carboxylic acids is 1. The van der Waals surface area contributed by atoms with E-state index >= 15 is 0 Å². The summed E-state index contributed by atoms with van der Waals surface area (Å²) in [5.74, 6) is -0.170. The van der Waals surface area contributed by atoms with Crippen molar-refractivity contribution in [3.8, 4) is 0 Å². The van der Waals surface area contributed by atoms with Crippen molar-refractivity contribution < 1.29 is 26.4 Å². The number of thioether (sulfide) groups is 1. The lowest BCUT2D eigenvalue weighted by molar-refractivity contribution is 0.0730. The summed E-state index contributed by atoms with van der Waals surface area (Å²) in [6.45, 7) is 2.58. The lowest BCUT2D eigenvalue weighted by atomic mass is 10.2. The highest BCUT2D eigenvalue weighted by Crippen LogP contribution is 2.28. The van der Waals surface area contributed by atoms with Crippen LogP contribution in [0, 0.1) is 0 Å². The van der Waals surface area contributed by atoms with Crippen LogP contribution in [0.1, 0.15) is 23.2 Å². The molecule has 0 spiro atoms. The Morgan fingerprint density at radius 1 is 0.912 bits per heavy atom. The largest absolute Gasteiger partial charge is 0.379 e. The molecule has 2 aromatic carbocycles. The summed E-state index contributed by atoms with van der Waals surface area (Å²) < 4.78 is 60.7. The summed E-state index contributed by atoms with van der Waals surface area (Å²) in [4.78, 5) is 15.5. The third-order valence-corrected chi connectivity index (χ3v) is 9.91. The van der Waals surface area contributed by atoms with E-state index in [0.717, 1.165) is 12.8 Å². The standard InChI is InChI=1S/C22H27N3O6S3/c1-32-21-9-8-19(16-20(21)22(26)24-10-2-3-11-24)33(27,28)23-17-4-6-18(7-5-17)34(29,30)25-12-14-31-15-13-25/h4-9,16,23H,2-3,10-15H2,1H3. The van der Waals surface area contributed by atoms with Gasteiger partial charge in [0.05, 0.1) is 28.6 Å². The molecule has 2 aliphatic rings. The number of anilines is 1. The average molecular weight is 526 g/mol. The van der Waals surface area contributed by atoms with Crippen molar-refractivity contribution in [1.82, 2.24) is 9.21 Å². The lowest BCUT2D eigenvalue weighted by Crippen LogP contribution is -2.40. The van der Waals surface area contributed by atoms with E-state index in [1.165, 1.54) is 52.5 Å². The number of sulfonamides is 2. The summed E-state index contributed by atoms with van der Waals surface area (Å²) in [5, 5.41) is 0. The number of morpholine rings is 1. The van der Waals surface area contributed by atoms with Crippen LogP contribution in [0.2, 0.25) is 0 Å². The van der Waals surface area contributed by atoms with Gasteiger partial charge in [-0.3, -0.25) is 9.52 Å². The lowest BCUT2D eigenvalue weighted by Gasteiger charge is -2.26. The van der Waals surface area contributed by atoms with E-state index in [2.05, 4.69) is 4.72 Å². The van der Waals surface area contributed by atoms with E-state index in [-0.39, 0.29) is 34.5 Å². The second kappa shape index (κ2) is 10.2. The fourth-order valence-electron chi connectivity index (χ4n) is 3.96. The number of carbonyl (C=O) groups is 1. The van der Waals surface area contributed by atoms with Crippen LogP contribution in [0.5, 0.6) is 0 Å². The number of rotatable bonds is 7. The maximum atomic E-state index is 13.0. The molecule has 0 bridgehead atoms. The first-order chi connectivity index (χ1) is 16.2. The molecule has 0 unspecified atom stereocenters. The van der Waals surface area contributed by atoms with Gasteiger partial charge in [0.15, 0.2) is 0 Å². The highest BCUT2D eigenvalue weighted by atomic mass is 32.2. The Bertz CT molecular complexity index is 1250. The summed E-state index contributed by atoms with van der Waals surface area (Å²) in [6, 6.07) is 10.1. The molecule has 0 saturated carbocycles. The Morgan fingerprint density at radius 2 is 1.53 bits per heavy atom. The number of nitrogens with zero attached hydrogens (tertiary/aromatic N) is 2. The molecule has 0 aliphatic carbocycles. The molecule has 184 valence electrons. The molecule has 4 rings (SSSR count). The molecule has 34 heavy (non-hydrogen) atoms. The first-order valence-electron chi connectivity index (χ1n) is 10.9. The molecule has 1 amide bonds. The zero-order valence-electron chi connectivity index (χ0n) is 18.8. The third kappa shape index (κ3) is 5.25. The van der Waals surface area contributed by atoms with Crippen molar-refractivity contribution in [2.24, 2.45) is 0 Å². The van der Waals surface area contributed by atoms with Gasteiger partial charge in [-0.05, 0) is 61.6 Å². The number of amides is 1. The zero-order valence-corrected chi connectivity index (χ0v) is 21.2. The van der Waals surface area contributed by atoms with Crippen LogP contribution in [0.25, 0.3) is 0 Å². The monoisotopic (exact) mass is 525 g/mol. The molecule has 12 heteroatoms. The van der Waals surface area contributed by atoms with Crippen molar-refractivity contribution >= 4 is 43.4 Å². The Hall–Kier alpha value is -2.12. The molecule has 2 saturated heterocycles. The highest BCUT2D eigenvalue weighted by Gasteiger charge is 2.27. The quantitative estimate of drug-likeness (QED) is 0.553. The molecule has 2 aromatic rings. The van der Waals surface area contributed by atoms with Gasteiger partial charge >= 0.3 is 0 Å². The van der Waals surface area contributed by atoms with Crippen molar-refractivity contribution in [3.63, 3.8) is 0 Å². The molecular weight excluding hydrogens is 498 g/mol. The minimum absolute atomic E-state index is 0.0298. The minimum atomic E-state index is -3.99. The van der Waals surface area contributed by atoms with E-state index in [1.807, 2.05) is 6.26 Å². The Kier molecular flexibility index (Phi) is 7.53. The number of ether oxygens (including phenoxy) is 1. The van der Waals surface area contributed by atoms with Crippen LogP contribution in [0.15, 0.2) is 57.2 Å². The van der Waals surface area contributed by atoms with E-state index in [4.69, 9.17) is 4.74 Å². The summed E-state index contributed by atoms with van der Waals surface area (Å²) in [6.07, 6.45) is 3.73. The van der Waals surface area contributed by atoms with E-state index in [0.29, 0.717) is 36.8 Å². The fourth-order valence-corrected chi connectivity index (χ4v) is 7.02. The van der Waals surface area contributed by atoms with Crippen LogP contribution in [-0.2, 0) is 24.8 Å². The van der Waals surface area contributed by atoms with Crippen LogP contribution in [0.4, 0.5) is 5.69 Å². The van der Waals surface area contributed by atoms with Crippen molar-refractivity contribution in [2.45, 2.75) is 27.5 Å². The van der Waals surface area contributed by atoms with Crippen molar-refractivity contribution in [2.75, 3.05) is 50.4 Å². The molecule has 0 radical (unpaired) electrons. The minimum Gasteiger partial charge on any atom is -0.379 e. The van der Waals surface area contributed by atoms with Gasteiger partial charge in [-0.15, -0.1) is 11.8 Å². The first-order valence-corrected chi connectivity index (χ1v) is 15.1. The first kappa shape index (κ1) is 25.0. The normalized spacial score (nSPS) is 17.6. The highest BCUT2D eigenvalue weighted by molar-refractivity contribution is 7.98. The topological polar surface area (TPSA) is 113 Å². The number of nitrogens with one attached hydrogen (secondary N) is 1. The molecular formula is C22H27N3O6S3. The van der Waals surface area contributed by atoms with Gasteiger partial charge in [-0.1, -0.05) is 0 Å². The molecule has 9 nitrogen and oxygen atoms in total.